The summed E-state index contributed by atoms with van der Waals surface area (Å²) < 4.78 is 0. The lowest BCUT2D eigenvalue weighted by molar-refractivity contribution is 0.234. The molecule has 1 N–H and O–H groups in total. The minimum Gasteiger partial charge on any atom is -0.309 e. The van der Waals surface area contributed by atoms with Gasteiger partial charge in [-0.25, -0.2) is 4.98 Å². The van der Waals surface area contributed by atoms with Gasteiger partial charge in [-0.1, -0.05) is 20.8 Å². The number of aromatic nitrogens is 1. The maximum atomic E-state index is 4.53. The summed E-state index contributed by atoms with van der Waals surface area (Å²) in [5.74, 6) is 0. The van der Waals surface area contributed by atoms with Crippen molar-refractivity contribution in [3.8, 4) is 0 Å². The second kappa shape index (κ2) is 5.68. The Labute approximate surface area is 115 Å². The third kappa shape index (κ3) is 3.77. The number of thiazole rings is 1. The van der Waals surface area contributed by atoms with Gasteiger partial charge in [-0.15, -0.1) is 11.3 Å². The van der Waals surface area contributed by atoms with E-state index in [1.165, 1.54) is 35.8 Å². The van der Waals surface area contributed by atoms with Gasteiger partial charge in [-0.3, -0.25) is 0 Å². The molecule has 102 valence electrons. The first-order valence-electron chi connectivity index (χ1n) is 6.82. The highest BCUT2D eigenvalue weighted by Crippen LogP contribution is 2.26. The molecular formula is C14H25N3S. The summed E-state index contributed by atoms with van der Waals surface area (Å²) in [5.41, 5.74) is 0.177. The molecule has 2 heterocycles. The highest BCUT2D eigenvalue weighted by Gasteiger charge is 2.19. The predicted molar refractivity (Wildman–Crippen MR) is 78.2 cm³/mol. The fourth-order valence-electron chi connectivity index (χ4n) is 2.19. The molecule has 0 aliphatic carbocycles. The Balaban J connectivity index is 1.82. The first-order chi connectivity index (χ1) is 8.45. The summed E-state index contributed by atoms with van der Waals surface area (Å²) in [4.78, 5) is 8.30. The number of hydrogen-bond acceptors (Lipinski definition) is 4. The molecule has 1 aliphatic rings. The van der Waals surface area contributed by atoms with Gasteiger partial charge in [0.15, 0.2) is 0 Å². The molecule has 0 bridgehead atoms. The molecule has 0 saturated carbocycles. The minimum atomic E-state index is 0.177. The number of piperidine rings is 1. The van der Waals surface area contributed by atoms with Crippen molar-refractivity contribution < 1.29 is 0 Å². The Morgan fingerprint density at radius 2 is 2.06 bits per heavy atom. The SMILES string of the molecule is CN1CCC(NCc2cnc(C(C)(C)C)s2)CC1. The molecule has 4 heteroatoms. The van der Waals surface area contributed by atoms with Crippen LogP contribution in [0.3, 0.4) is 0 Å². The van der Waals surface area contributed by atoms with Crippen LogP contribution in [0.4, 0.5) is 0 Å². The molecule has 0 unspecified atom stereocenters. The highest BCUT2D eigenvalue weighted by molar-refractivity contribution is 7.11. The topological polar surface area (TPSA) is 28.2 Å². The largest absolute Gasteiger partial charge is 0.309 e. The number of nitrogens with zero attached hydrogens (tertiary/aromatic N) is 2. The van der Waals surface area contributed by atoms with Crippen molar-refractivity contribution in [3.63, 3.8) is 0 Å². The van der Waals surface area contributed by atoms with E-state index in [-0.39, 0.29) is 5.41 Å². The molecule has 2 rings (SSSR count). The second-order valence-corrected chi connectivity index (χ2v) is 7.46. The van der Waals surface area contributed by atoms with Crippen LogP contribution < -0.4 is 5.32 Å². The van der Waals surface area contributed by atoms with Crippen LogP contribution in [0.2, 0.25) is 0 Å². The molecule has 18 heavy (non-hydrogen) atoms. The quantitative estimate of drug-likeness (QED) is 0.912. The van der Waals surface area contributed by atoms with Crippen molar-refractivity contribution in [1.82, 2.24) is 15.2 Å². The Morgan fingerprint density at radius 1 is 1.39 bits per heavy atom. The Kier molecular flexibility index (Phi) is 4.41. The number of rotatable bonds is 3. The van der Waals surface area contributed by atoms with E-state index < -0.39 is 0 Å². The number of likely N-dealkylation sites (tertiary alicyclic amines) is 1. The van der Waals surface area contributed by atoms with E-state index in [9.17, 15) is 0 Å². The lowest BCUT2D eigenvalue weighted by atomic mass is 9.98. The van der Waals surface area contributed by atoms with E-state index in [4.69, 9.17) is 0 Å². The van der Waals surface area contributed by atoms with Crippen LogP contribution in [0.25, 0.3) is 0 Å². The Bertz CT molecular complexity index is 373. The zero-order valence-corrected chi connectivity index (χ0v) is 12.8. The van der Waals surface area contributed by atoms with Gasteiger partial charge in [0.1, 0.15) is 0 Å². The van der Waals surface area contributed by atoms with Crippen LogP contribution in [-0.4, -0.2) is 36.1 Å². The van der Waals surface area contributed by atoms with Crippen molar-refractivity contribution >= 4 is 11.3 Å². The summed E-state index contributed by atoms with van der Waals surface area (Å²) in [6, 6.07) is 0.682. The first kappa shape index (κ1) is 14.0. The third-order valence-corrected chi connectivity index (χ3v) is 4.90. The maximum Gasteiger partial charge on any atom is 0.0981 e. The van der Waals surface area contributed by atoms with Gasteiger partial charge in [0.25, 0.3) is 0 Å². The lowest BCUT2D eigenvalue weighted by Gasteiger charge is -2.29. The number of hydrogen-bond donors (Lipinski definition) is 1. The minimum absolute atomic E-state index is 0.177. The molecule has 0 atom stereocenters. The molecular weight excluding hydrogens is 242 g/mol. The van der Waals surface area contributed by atoms with E-state index >= 15 is 0 Å². The molecule has 0 amide bonds. The summed E-state index contributed by atoms with van der Waals surface area (Å²) in [6.07, 6.45) is 4.57. The standard InChI is InChI=1S/C14H25N3S/c1-14(2,3)13-16-10-12(18-13)9-15-11-5-7-17(4)8-6-11/h10-11,15H,5-9H2,1-4H3. The van der Waals surface area contributed by atoms with Crippen LogP contribution in [-0.2, 0) is 12.0 Å². The average Bonchev–Trinajstić information content (AvgIpc) is 2.77. The van der Waals surface area contributed by atoms with Gasteiger partial charge in [-0.2, -0.15) is 0 Å². The number of nitrogens with one attached hydrogen (secondary N) is 1. The smallest absolute Gasteiger partial charge is 0.0981 e. The predicted octanol–water partition coefficient (Wildman–Crippen LogP) is 2.62. The molecule has 1 saturated heterocycles. The van der Waals surface area contributed by atoms with Gasteiger partial charge in [-0.05, 0) is 33.0 Å². The molecule has 1 aromatic heterocycles. The second-order valence-electron chi connectivity index (χ2n) is 6.34. The Hall–Kier alpha value is -0.450. The fraction of sp³-hybridized carbons (Fsp3) is 0.786. The van der Waals surface area contributed by atoms with Gasteiger partial charge in [0.05, 0.1) is 5.01 Å². The lowest BCUT2D eigenvalue weighted by Crippen LogP contribution is -2.40. The van der Waals surface area contributed by atoms with Crippen molar-refractivity contribution in [2.45, 2.75) is 51.6 Å². The van der Waals surface area contributed by atoms with E-state index in [0.717, 1.165) is 6.54 Å². The summed E-state index contributed by atoms with van der Waals surface area (Å²) in [7, 11) is 2.20. The molecule has 1 aromatic rings. The van der Waals surface area contributed by atoms with Crippen LogP contribution in [0, 0.1) is 0 Å². The monoisotopic (exact) mass is 267 g/mol. The van der Waals surface area contributed by atoms with Crippen molar-refractivity contribution in [2.75, 3.05) is 20.1 Å². The van der Waals surface area contributed by atoms with Crippen molar-refractivity contribution in [2.24, 2.45) is 0 Å². The van der Waals surface area contributed by atoms with Crippen LogP contribution in [0.5, 0.6) is 0 Å². The first-order valence-corrected chi connectivity index (χ1v) is 7.64. The molecule has 0 spiro atoms. The van der Waals surface area contributed by atoms with Crippen LogP contribution in [0.15, 0.2) is 6.20 Å². The van der Waals surface area contributed by atoms with Crippen LogP contribution in [0.1, 0.15) is 43.5 Å². The summed E-state index contributed by atoms with van der Waals surface area (Å²) >= 11 is 1.84. The summed E-state index contributed by atoms with van der Waals surface area (Å²) in [6.45, 7) is 10.1. The van der Waals surface area contributed by atoms with Crippen molar-refractivity contribution in [3.05, 3.63) is 16.1 Å². The average molecular weight is 267 g/mol. The van der Waals surface area contributed by atoms with Crippen molar-refractivity contribution in [1.29, 1.82) is 0 Å². The van der Waals surface area contributed by atoms with E-state index in [1.54, 1.807) is 0 Å². The van der Waals surface area contributed by atoms with E-state index in [2.05, 4.69) is 43.0 Å². The van der Waals surface area contributed by atoms with E-state index in [1.807, 2.05) is 17.5 Å². The van der Waals surface area contributed by atoms with Gasteiger partial charge >= 0.3 is 0 Å². The zero-order valence-electron chi connectivity index (χ0n) is 12.0. The molecule has 0 aromatic carbocycles. The van der Waals surface area contributed by atoms with Gasteiger partial charge in [0.2, 0.25) is 0 Å². The van der Waals surface area contributed by atoms with Gasteiger partial charge < -0.3 is 10.2 Å². The van der Waals surface area contributed by atoms with E-state index in [0.29, 0.717) is 6.04 Å². The molecule has 0 radical (unpaired) electrons. The van der Waals surface area contributed by atoms with Gasteiger partial charge in [0, 0.05) is 29.1 Å². The van der Waals surface area contributed by atoms with Crippen LogP contribution >= 0.6 is 11.3 Å². The summed E-state index contributed by atoms with van der Waals surface area (Å²) in [5, 5.41) is 4.91. The fourth-order valence-corrected chi connectivity index (χ4v) is 3.11. The Morgan fingerprint density at radius 3 is 2.61 bits per heavy atom. The third-order valence-electron chi connectivity index (χ3n) is 3.48. The normalized spacial score (nSPS) is 19.3. The molecule has 1 aliphatic heterocycles. The highest BCUT2D eigenvalue weighted by atomic mass is 32.1. The zero-order chi connectivity index (χ0) is 13.2. The molecule has 1 fully saturated rings. The molecule has 3 nitrogen and oxygen atoms in total. The maximum absolute atomic E-state index is 4.53.